The van der Waals surface area contributed by atoms with Crippen molar-refractivity contribution in [2.24, 2.45) is 0 Å². The normalized spacial score (nSPS) is 15.5. The molecule has 0 aliphatic heterocycles. The molecule has 240 valence electrons. The zero-order valence-electron chi connectivity index (χ0n) is 28.4. The number of nitrogens with one attached hydrogen (secondary N) is 1. The highest BCUT2D eigenvalue weighted by Gasteiger charge is 2.59. The maximum atomic E-state index is 3.88. The Balaban J connectivity index is 1.31. The van der Waals surface area contributed by atoms with E-state index in [0.29, 0.717) is 0 Å². The van der Waals surface area contributed by atoms with Crippen molar-refractivity contribution in [2.45, 2.75) is 17.3 Å². The Morgan fingerprint density at radius 3 is 1.38 bits per heavy atom. The van der Waals surface area contributed by atoms with Crippen molar-refractivity contribution in [2.75, 3.05) is 0 Å². The lowest BCUT2D eigenvalue weighted by Gasteiger charge is -2.49. The molecule has 4 aliphatic carbocycles. The monoisotopic (exact) mass is 657 g/mol. The van der Waals surface area contributed by atoms with E-state index in [2.05, 4.69) is 175 Å². The van der Waals surface area contributed by atoms with E-state index in [1.807, 2.05) is 0 Å². The van der Waals surface area contributed by atoms with Crippen molar-refractivity contribution >= 4 is 21.8 Å². The molecular weight excluding hydrogens is 627 g/mol. The molecule has 52 heavy (non-hydrogen) atoms. The van der Waals surface area contributed by atoms with Gasteiger partial charge in [-0.25, -0.2) is 0 Å². The third-order valence-electron chi connectivity index (χ3n) is 13.1. The number of hydrogen-bond donors (Lipinski definition) is 1. The first-order valence-electron chi connectivity index (χ1n) is 18.5. The Labute approximate surface area is 301 Å². The van der Waals surface area contributed by atoms with Gasteiger partial charge in [0.15, 0.2) is 0 Å². The van der Waals surface area contributed by atoms with Crippen LogP contribution in [-0.4, -0.2) is 4.98 Å². The van der Waals surface area contributed by atoms with E-state index in [1.165, 1.54) is 111 Å². The van der Waals surface area contributed by atoms with Crippen molar-refractivity contribution < 1.29 is 0 Å². The van der Waals surface area contributed by atoms with E-state index in [9.17, 15) is 0 Å². The number of aromatic nitrogens is 1. The first-order chi connectivity index (χ1) is 25.8. The molecule has 1 heterocycles. The number of hydrogen-bond acceptors (Lipinski definition) is 0. The van der Waals surface area contributed by atoms with Gasteiger partial charge in [0.1, 0.15) is 0 Å². The van der Waals surface area contributed by atoms with E-state index < -0.39 is 10.8 Å². The number of H-pyrrole nitrogens is 1. The molecular formula is C51H31N. The van der Waals surface area contributed by atoms with Crippen LogP contribution in [0.3, 0.4) is 0 Å². The van der Waals surface area contributed by atoms with Gasteiger partial charge in [-0.15, -0.1) is 0 Å². The summed E-state index contributed by atoms with van der Waals surface area (Å²) in [6, 6.07) is 65.1. The van der Waals surface area contributed by atoms with Crippen molar-refractivity contribution in [1.29, 1.82) is 0 Å². The zero-order chi connectivity index (χ0) is 33.8. The van der Waals surface area contributed by atoms with Gasteiger partial charge in [0.2, 0.25) is 0 Å². The molecule has 1 nitrogen and oxygen atoms in total. The summed E-state index contributed by atoms with van der Waals surface area (Å²) in [7, 11) is 0. The van der Waals surface area contributed by atoms with Crippen LogP contribution in [0.2, 0.25) is 0 Å². The fourth-order valence-corrected chi connectivity index (χ4v) is 11.2. The number of para-hydroxylation sites is 1. The molecule has 0 fully saturated rings. The SMILES string of the molecule is c1ccc2c(c1)Cc1cc3c(cc1-2)C1(c2ccccc2-c2ccccc21)c1cc2[nH]c4ccccc4c2cc1C31c2ccccc2-c2ccccc21. The fraction of sp³-hybridized carbons (Fsp3) is 0.0588. The Bertz CT molecular complexity index is 2970. The average molecular weight is 658 g/mol. The molecule has 0 unspecified atom stereocenters. The molecule has 0 bridgehead atoms. The largest absolute Gasteiger partial charge is 0.355 e. The molecule has 0 atom stereocenters. The zero-order valence-corrected chi connectivity index (χ0v) is 28.4. The number of fused-ring (bicyclic) bond motifs is 22. The fourth-order valence-electron chi connectivity index (χ4n) is 11.2. The predicted octanol–water partition coefficient (Wildman–Crippen LogP) is 11.9. The number of benzene rings is 8. The maximum Gasteiger partial charge on any atom is 0.0720 e. The lowest BCUT2D eigenvalue weighted by molar-refractivity contribution is 0.634. The minimum atomic E-state index is -0.520. The van der Waals surface area contributed by atoms with Gasteiger partial charge in [0, 0.05) is 21.8 Å². The maximum absolute atomic E-state index is 3.88. The van der Waals surface area contributed by atoms with E-state index in [0.717, 1.165) is 6.42 Å². The molecule has 0 saturated carbocycles. The molecule has 8 aromatic carbocycles. The standard InChI is InChI=1S/C51H31N/c1-2-14-32-30(13-1)25-31-26-44-45(27-38(31)32)51(42-22-10-5-17-35(42)36-18-6-11-23-43(36)51)47-29-49-39(37-19-7-12-24-48(37)52-49)28-46(47)50(44)40-20-8-3-15-33(40)34-16-4-9-21-41(34)50/h1-24,26-29,52H,25H2. The summed E-state index contributed by atoms with van der Waals surface area (Å²) in [6.07, 6.45) is 0.951. The van der Waals surface area contributed by atoms with Crippen LogP contribution in [0.25, 0.3) is 55.2 Å². The second-order valence-corrected chi connectivity index (χ2v) is 15.2. The third-order valence-corrected chi connectivity index (χ3v) is 13.1. The molecule has 9 aromatic rings. The van der Waals surface area contributed by atoms with Gasteiger partial charge in [-0.05, 0) is 120 Å². The van der Waals surface area contributed by atoms with Gasteiger partial charge in [-0.1, -0.05) is 146 Å². The van der Waals surface area contributed by atoms with Crippen LogP contribution in [0.5, 0.6) is 0 Å². The minimum absolute atomic E-state index is 0.508. The molecule has 0 saturated heterocycles. The molecule has 13 rings (SSSR count). The summed E-state index contributed by atoms with van der Waals surface area (Å²) in [5, 5.41) is 2.55. The van der Waals surface area contributed by atoms with Gasteiger partial charge in [-0.3, -0.25) is 0 Å². The van der Waals surface area contributed by atoms with Crippen LogP contribution in [0.15, 0.2) is 170 Å². The summed E-state index contributed by atoms with van der Waals surface area (Å²) >= 11 is 0. The second kappa shape index (κ2) is 9.26. The number of aromatic amines is 1. The summed E-state index contributed by atoms with van der Waals surface area (Å²) in [5.74, 6) is 0. The Morgan fingerprint density at radius 1 is 0.308 bits per heavy atom. The van der Waals surface area contributed by atoms with Crippen LogP contribution < -0.4 is 0 Å². The van der Waals surface area contributed by atoms with Crippen LogP contribution in [-0.2, 0) is 17.3 Å². The lowest BCUT2D eigenvalue weighted by atomic mass is 9.52. The Kier molecular flexibility index (Phi) is 4.86. The third kappa shape index (κ3) is 2.95. The highest BCUT2D eigenvalue weighted by molar-refractivity contribution is 6.09. The van der Waals surface area contributed by atoms with E-state index >= 15 is 0 Å². The quantitative estimate of drug-likeness (QED) is 0.167. The van der Waals surface area contributed by atoms with Gasteiger partial charge < -0.3 is 4.98 Å². The van der Waals surface area contributed by atoms with Crippen LogP contribution in [0, 0.1) is 0 Å². The van der Waals surface area contributed by atoms with Crippen LogP contribution in [0.4, 0.5) is 0 Å². The highest BCUT2D eigenvalue weighted by atomic mass is 14.7. The van der Waals surface area contributed by atoms with Gasteiger partial charge in [0.05, 0.1) is 10.8 Å². The molecule has 1 aromatic heterocycles. The molecule has 4 aliphatic rings. The van der Waals surface area contributed by atoms with E-state index in [-0.39, 0.29) is 0 Å². The van der Waals surface area contributed by atoms with Crippen LogP contribution >= 0.6 is 0 Å². The lowest BCUT2D eigenvalue weighted by Crippen LogP contribution is -2.44. The van der Waals surface area contributed by atoms with E-state index in [4.69, 9.17) is 0 Å². The first kappa shape index (κ1) is 27.3. The summed E-state index contributed by atoms with van der Waals surface area (Å²) in [6.45, 7) is 0. The first-order valence-corrected chi connectivity index (χ1v) is 18.5. The van der Waals surface area contributed by atoms with Crippen LogP contribution in [0.1, 0.15) is 55.6 Å². The molecule has 2 spiro atoms. The summed E-state index contributed by atoms with van der Waals surface area (Å²) in [5.41, 5.74) is 23.3. The topological polar surface area (TPSA) is 15.8 Å². The predicted molar refractivity (Wildman–Crippen MR) is 212 cm³/mol. The smallest absolute Gasteiger partial charge is 0.0720 e. The van der Waals surface area contributed by atoms with Crippen molar-refractivity contribution in [3.63, 3.8) is 0 Å². The molecule has 0 amide bonds. The molecule has 1 heteroatoms. The van der Waals surface area contributed by atoms with Gasteiger partial charge >= 0.3 is 0 Å². The van der Waals surface area contributed by atoms with Gasteiger partial charge in [-0.2, -0.15) is 0 Å². The highest BCUT2D eigenvalue weighted by Crippen LogP contribution is 2.68. The average Bonchev–Trinajstić information content (AvgIpc) is 3.92. The summed E-state index contributed by atoms with van der Waals surface area (Å²) in [4.78, 5) is 3.88. The Hall–Kier alpha value is -6.44. The molecule has 0 radical (unpaired) electrons. The van der Waals surface area contributed by atoms with Crippen molar-refractivity contribution in [3.05, 3.63) is 225 Å². The Morgan fingerprint density at radius 2 is 0.769 bits per heavy atom. The minimum Gasteiger partial charge on any atom is -0.355 e. The number of rotatable bonds is 0. The van der Waals surface area contributed by atoms with Crippen molar-refractivity contribution in [3.8, 4) is 33.4 Å². The van der Waals surface area contributed by atoms with Crippen molar-refractivity contribution in [1.82, 2.24) is 4.98 Å². The van der Waals surface area contributed by atoms with E-state index in [1.54, 1.807) is 0 Å². The summed E-state index contributed by atoms with van der Waals surface area (Å²) < 4.78 is 0. The van der Waals surface area contributed by atoms with Gasteiger partial charge in [0.25, 0.3) is 0 Å². The second-order valence-electron chi connectivity index (χ2n) is 15.2. The molecule has 1 N–H and O–H groups in total.